The molecule has 0 fully saturated rings. The lowest BCUT2D eigenvalue weighted by Gasteiger charge is -2.09. The second kappa shape index (κ2) is 4.56. The number of aromatic nitrogens is 1. The van der Waals surface area contributed by atoms with Gasteiger partial charge in [-0.25, -0.2) is 0 Å². The van der Waals surface area contributed by atoms with Crippen LogP contribution in [0.1, 0.15) is 5.56 Å². The van der Waals surface area contributed by atoms with Crippen LogP contribution in [-0.4, -0.2) is 4.98 Å². The van der Waals surface area contributed by atoms with Crippen molar-refractivity contribution in [2.24, 2.45) is 0 Å². The summed E-state index contributed by atoms with van der Waals surface area (Å²) < 4.78 is 40.0. The number of benzene rings is 2. The van der Waals surface area contributed by atoms with Crippen LogP contribution in [0.5, 0.6) is 0 Å². The van der Waals surface area contributed by atoms with Crippen LogP contribution < -0.4 is 0 Å². The Morgan fingerprint density at radius 1 is 0.900 bits per heavy atom. The van der Waals surface area contributed by atoms with Crippen molar-refractivity contribution in [2.75, 3.05) is 0 Å². The number of fused-ring (bicyclic) bond motifs is 1. The Balaban J connectivity index is 2.32. The van der Waals surface area contributed by atoms with Gasteiger partial charge in [-0.05, 0) is 23.8 Å². The quantitative estimate of drug-likeness (QED) is 0.609. The van der Waals surface area contributed by atoms with Crippen molar-refractivity contribution in [3.8, 4) is 11.3 Å². The summed E-state index contributed by atoms with van der Waals surface area (Å²) in [5.74, 6) is 0. The third-order valence-electron chi connectivity index (χ3n) is 3.12. The van der Waals surface area contributed by atoms with Crippen LogP contribution in [0.2, 0.25) is 5.02 Å². The smallest absolute Gasteiger partial charge is 0.354 e. The van der Waals surface area contributed by atoms with E-state index in [0.29, 0.717) is 16.1 Å². The van der Waals surface area contributed by atoms with Gasteiger partial charge in [0.25, 0.3) is 0 Å². The fourth-order valence-corrected chi connectivity index (χ4v) is 2.40. The van der Waals surface area contributed by atoms with Crippen molar-refractivity contribution >= 4 is 22.5 Å². The maximum absolute atomic E-state index is 13.3. The molecule has 1 heterocycles. The molecule has 0 aliphatic heterocycles. The minimum Gasteiger partial charge on any atom is -0.354 e. The summed E-state index contributed by atoms with van der Waals surface area (Å²) in [5, 5.41) is 0.656. The lowest BCUT2D eigenvalue weighted by atomic mass is 10.1. The highest BCUT2D eigenvalue weighted by Crippen LogP contribution is 2.41. The van der Waals surface area contributed by atoms with Gasteiger partial charge < -0.3 is 4.98 Å². The van der Waals surface area contributed by atoms with Crippen molar-refractivity contribution < 1.29 is 13.2 Å². The van der Waals surface area contributed by atoms with E-state index in [4.69, 9.17) is 11.6 Å². The molecule has 0 amide bonds. The summed E-state index contributed by atoms with van der Waals surface area (Å²) in [6.45, 7) is 0. The molecule has 3 rings (SSSR count). The van der Waals surface area contributed by atoms with Crippen molar-refractivity contribution in [2.45, 2.75) is 6.18 Å². The lowest BCUT2D eigenvalue weighted by Crippen LogP contribution is -2.05. The predicted octanol–water partition coefficient (Wildman–Crippen LogP) is 5.51. The van der Waals surface area contributed by atoms with Gasteiger partial charge >= 0.3 is 6.18 Å². The van der Waals surface area contributed by atoms with Crippen LogP contribution in [0.3, 0.4) is 0 Å². The van der Waals surface area contributed by atoms with E-state index in [-0.39, 0.29) is 11.1 Å². The van der Waals surface area contributed by atoms with E-state index in [2.05, 4.69) is 4.98 Å². The van der Waals surface area contributed by atoms with E-state index in [1.807, 2.05) is 0 Å². The summed E-state index contributed by atoms with van der Waals surface area (Å²) in [6.07, 6.45) is -4.42. The average Bonchev–Trinajstić information content (AvgIpc) is 2.78. The molecule has 0 saturated heterocycles. The number of aromatic amines is 1. The molecule has 2 aromatic carbocycles. The Morgan fingerprint density at radius 2 is 1.55 bits per heavy atom. The van der Waals surface area contributed by atoms with Gasteiger partial charge in [0.05, 0.1) is 11.3 Å². The van der Waals surface area contributed by atoms with Crippen LogP contribution in [0.4, 0.5) is 13.2 Å². The fourth-order valence-electron chi connectivity index (χ4n) is 2.27. The molecule has 0 aliphatic carbocycles. The maximum Gasteiger partial charge on any atom is 0.419 e. The molecule has 0 bridgehead atoms. The van der Waals surface area contributed by atoms with E-state index in [1.165, 1.54) is 6.07 Å². The zero-order chi connectivity index (χ0) is 14.3. The van der Waals surface area contributed by atoms with E-state index in [9.17, 15) is 13.2 Å². The summed E-state index contributed by atoms with van der Waals surface area (Å²) in [4.78, 5) is 2.84. The van der Waals surface area contributed by atoms with Gasteiger partial charge in [0, 0.05) is 15.9 Å². The molecule has 1 aromatic heterocycles. The molecular formula is C15H9ClF3N. The van der Waals surface area contributed by atoms with Gasteiger partial charge in [0.15, 0.2) is 0 Å². The molecule has 5 heteroatoms. The van der Waals surface area contributed by atoms with Gasteiger partial charge in [0.2, 0.25) is 0 Å². The normalized spacial score (nSPS) is 12.0. The summed E-state index contributed by atoms with van der Waals surface area (Å²) in [6, 6.07) is 12.7. The van der Waals surface area contributed by atoms with Gasteiger partial charge in [-0.3, -0.25) is 0 Å². The Labute approximate surface area is 118 Å². The Morgan fingerprint density at radius 3 is 2.20 bits per heavy atom. The highest BCUT2D eigenvalue weighted by Gasteiger charge is 2.37. The van der Waals surface area contributed by atoms with Crippen LogP contribution >= 0.6 is 11.6 Å². The molecule has 3 aromatic rings. The van der Waals surface area contributed by atoms with E-state index < -0.39 is 11.7 Å². The van der Waals surface area contributed by atoms with Crippen molar-refractivity contribution in [1.29, 1.82) is 0 Å². The minimum absolute atomic E-state index is 0.0652. The van der Waals surface area contributed by atoms with Gasteiger partial charge in [-0.2, -0.15) is 13.2 Å². The molecule has 20 heavy (non-hydrogen) atoms. The first-order valence-corrected chi connectivity index (χ1v) is 6.28. The first-order valence-electron chi connectivity index (χ1n) is 5.90. The molecular weight excluding hydrogens is 287 g/mol. The number of nitrogens with one attached hydrogen (secondary N) is 1. The minimum atomic E-state index is -4.42. The highest BCUT2D eigenvalue weighted by atomic mass is 35.5. The number of alkyl halides is 3. The fraction of sp³-hybridized carbons (Fsp3) is 0.0667. The van der Waals surface area contributed by atoms with Crippen molar-refractivity contribution in [1.82, 2.24) is 4.98 Å². The molecule has 0 spiro atoms. The third kappa shape index (κ3) is 2.16. The summed E-state index contributed by atoms with van der Waals surface area (Å²) >= 11 is 5.78. The number of rotatable bonds is 1. The largest absolute Gasteiger partial charge is 0.419 e. The Hall–Kier alpha value is -1.94. The second-order valence-corrected chi connectivity index (χ2v) is 4.86. The lowest BCUT2D eigenvalue weighted by molar-refractivity contribution is -0.135. The van der Waals surface area contributed by atoms with Crippen molar-refractivity contribution in [3.05, 3.63) is 59.1 Å². The van der Waals surface area contributed by atoms with Crippen LogP contribution in [-0.2, 0) is 6.18 Å². The zero-order valence-electron chi connectivity index (χ0n) is 10.1. The van der Waals surface area contributed by atoms with Gasteiger partial charge in [0.1, 0.15) is 0 Å². The van der Waals surface area contributed by atoms with E-state index in [0.717, 1.165) is 0 Å². The monoisotopic (exact) mass is 295 g/mol. The van der Waals surface area contributed by atoms with Crippen LogP contribution in [0, 0.1) is 0 Å². The number of halogens is 4. The summed E-state index contributed by atoms with van der Waals surface area (Å²) in [7, 11) is 0. The third-order valence-corrected chi connectivity index (χ3v) is 3.37. The molecule has 0 unspecified atom stereocenters. The Kier molecular flexibility index (Phi) is 2.98. The molecule has 0 radical (unpaired) electrons. The van der Waals surface area contributed by atoms with Gasteiger partial charge in [-0.15, -0.1) is 0 Å². The van der Waals surface area contributed by atoms with Crippen LogP contribution in [0.15, 0.2) is 48.5 Å². The van der Waals surface area contributed by atoms with Crippen molar-refractivity contribution in [3.63, 3.8) is 0 Å². The topological polar surface area (TPSA) is 15.8 Å². The second-order valence-electron chi connectivity index (χ2n) is 4.43. The molecule has 0 saturated carbocycles. The molecule has 102 valence electrons. The zero-order valence-corrected chi connectivity index (χ0v) is 10.9. The SMILES string of the molecule is FC(F)(F)c1c(-c2ccc(Cl)cc2)[nH]c2ccccc12. The Bertz CT molecular complexity index is 757. The molecule has 1 nitrogen and oxygen atoms in total. The average molecular weight is 296 g/mol. The first kappa shape index (κ1) is 13.1. The van der Waals surface area contributed by atoms with Crippen LogP contribution in [0.25, 0.3) is 22.2 Å². The predicted molar refractivity (Wildman–Crippen MR) is 73.7 cm³/mol. The molecule has 1 N–H and O–H groups in total. The highest BCUT2D eigenvalue weighted by molar-refractivity contribution is 6.30. The number of hydrogen-bond acceptors (Lipinski definition) is 0. The molecule has 0 aliphatic rings. The summed E-state index contributed by atoms with van der Waals surface area (Å²) in [5.41, 5.74) is 0.341. The maximum atomic E-state index is 13.3. The number of H-pyrrole nitrogens is 1. The molecule has 0 atom stereocenters. The van der Waals surface area contributed by atoms with E-state index >= 15 is 0 Å². The standard InChI is InChI=1S/C15H9ClF3N/c16-10-7-5-9(6-8-10)14-13(15(17,18)19)11-3-1-2-4-12(11)20-14/h1-8,20H. The first-order chi connectivity index (χ1) is 9.47. The number of hydrogen-bond donors (Lipinski definition) is 1. The number of para-hydroxylation sites is 1. The van der Waals surface area contributed by atoms with E-state index in [1.54, 1.807) is 42.5 Å². The van der Waals surface area contributed by atoms with Gasteiger partial charge in [-0.1, -0.05) is 41.9 Å².